The van der Waals surface area contributed by atoms with Gasteiger partial charge in [-0.1, -0.05) is 12.1 Å². The molecule has 100 valence electrons. The van der Waals surface area contributed by atoms with Gasteiger partial charge < -0.3 is 15.8 Å². The number of amides is 1. The van der Waals surface area contributed by atoms with E-state index in [1.165, 1.54) is 5.56 Å². The van der Waals surface area contributed by atoms with Crippen LogP contribution in [0.4, 0.5) is 5.69 Å². The number of anilines is 1. The quantitative estimate of drug-likeness (QED) is 0.817. The van der Waals surface area contributed by atoms with Crippen molar-refractivity contribution in [3.63, 3.8) is 0 Å². The van der Waals surface area contributed by atoms with Crippen molar-refractivity contribution >= 4 is 22.9 Å². The van der Waals surface area contributed by atoms with Crippen molar-refractivity contribution in [2.24, 2.45) is 5.73 Å². The number of para-hydroxylation sites is 2. The van der Waals surface area contributed by atoms with E-state index in [0.717, 1.165) is 18.0 Å². The number of rotatable bonds is 7. The molecule has 0 saturated heterocycles. The summed E-state index contributed by atoms with van der Waals surface area (Å²) in [4.78, 5) is 10.7. The van der Waals surface area contributed by atoms with Gasteiger partial charge >= 0.3 is 0 Å². The molecule has 1 heterocycles. The van der Waals surface area contributed by atoms with Gasteiger partial charge in [-0.3, -0.25) is 4.79 Å². The Balaban J connectivity index is 1.93. The van der Waals surface area contributed by atoms with E-state index in [9.17, 15) is 4.79 Å². The van der Waals surface area contributed by atoms with Gasteiger partial charge in [-0.15, -0.1) is 0 Å². The average Bonchev–Trinajstić information content (AvgIpc) is 2.90. The van der Waals surface area contributed by atoms with Crippen LogP contribution >= 0.6 is 11.3 Å². The predicted molar refractivity (Wildman–Crippen MR) is 77.4 cm³/mol. The fourth-order valence-corrected chi connectivity index (χ4v) is 2.26. The normalized spacial score (nSPS) is 10.1. The summed E-state index contributed by atoms with van der Waals surface area (Å²) in [6.45, 7) is 1.05. The van der Waals surface area contributed by atoms with E-state index in [1.54, 1.807) is 11.3 Å². The van der Waals surface area contributed by atoms with Crippen LogP contribution in [0.3, 0.4) is 0 Å². The molecule has 0 radical (unpaired) electrons. The van der Waals surface area contributed by atoms with Crippen LogP contribution in [0, 0.1) is 0 Å². The van der Waals surface area contributed by atoms with E-state index in [4.69, 9.17) is 10.5 Å². The molecular weight excluding hydrogens is 260 g/mol. The molecule has 0 fully saturated rings. The summed E-state index contributed by atoms with van der Waals surface area (Å²) in [5, 5.41) is 7.47. The number of ether oxygens (including phenoxy) is 1. The second-order valence-electron chi connectivity index (χ2n) is 4.05. The molecule has 2 rings (SSSR count). The molecule has 1 aromatic heterocycles. The molecule has 5 heteroatoms. The molecule has 19 heavy (non-hydrogen) atoms. The van der Waals surface area contributed by atoms with Crippen LogP contribution in [-0.4, -0.2) is 12.5 Å². The molecule has 0 aliphatic rings. The monoisotopic (exact) mass is 276 g/mol. The van der Waals surface area contributed by atoms with Gasteiger partial charge in [-0.2, -0.15) is 11.3 Å². The largest absolute Gasteiger partial charge is 0.491 e. The molecule has 0 bridgehead atoms. The molecule has 0 spiro atoms. The lowest BCUT2D eigenvalue weighted by Crippen LogP contribution is -2.15. The molecule has 0 aliphatic heterocycles. The fraction of sp³-hybridized carbons (Fsp3) is 0.214. The third-order valence-electron chi connectivity index (χ3n) is 2.56. The number of nitrogens with one attached hydrogen (secondary N) is 1. The lowest BCUT2D eigenvalue weighted by Gasteiger charge is -2.12. The van der Waals surface area contributed by atoms with Gasteiger partial charge in [0.15, 0.2) is 0 Å². The zero-order valence-electron chi connectivity index (χ0n) is 10.5. The Morgan fingerprint density at radius 3 is 2.89 bits per heavy atom. The third kappa shape index (κ3) is 4.30. The SMILES string of the molecule is NC(=O)CCOc1ccccc1NCc1ccsc1. The molecule has 0 atom stereocenters. The van der Waals surface area contributed by atoms with Crippen LogP contribution in [0.1, 0.15) is 12.0 Å². The minimum atomic E-state index is -0.358. The van der Waals surface area contributed by atoms with Gasteiger partial charge in [0.05, 0.1) is 18.7 Å². The van der Waals surface area contributed by atoms with Crippen molar-refractivity contribution in [2.45, 2.75) is 13.0 Å². The van der Waals surface area contributed by atoms with E-state index in [0.29, 0.717) is 6.61 Å². The van der Waals surface area contributed by atoms with E-state index in [-0.39, 0.29) is 12.3 Å². The van der Waals surface area contributed by atoms with Gasteiger partial charge in [-0.25, -0.2) is 0 Å². The summed E-state index contributed by atoms with van der Waals surface area (Å²) < 4.78 is 5.56. The summed E-state index contributed by atoms with van der Waals surface area (Å²) in [6.07, 6.45) is 0.221. The summed E-state index contributed by atoms with van der Waals surface area (Å²) in [7, 11) is 0. The van der Waals surface area contributed by atoms with Crippen LogP contribution in [0.15, 0.2) is 41.1 Å². The number of hydrogen-bond acceptors (Lipinski definition) is 4. The van der Waals surface area contributed by atoms with Crippen LogP contribution in [0.2, 0.25) is 0 Å². The van der Waals surface area contributed by atoms with Crippen LogP contribution in [0.25, 0.3) is 0 Å². The molecule has 4 nitrogen and oxygen atoms in total. The number of carbonyl (C=O) groups excluding carboxylic acids is 1. The van der Waals surface area contributed by atoms with Crippen molar-refractivity contribution in [3.8, 4) is 5.75 Å². The minimum absolute atomic E-state index is 0.221. The Morgan fingerprint density at radius 2 is 2.16 bits per heavy atom. The Kier molecular flexibility index (Phi) is 4.80. The van der Waals surface area contributed by atoms with E-state index >= 15 is 0 Å². The maximum absolute atomic E-state index is 10.7. The first kappa shape index (κ1) is 13.4. The van der Waals surface area contributed by atoms with Gasteiger partial charge in [0.1, 0.15) is 5.75 Å². The lowest BCUT2D eigenvalue weighted by atomic mass is 10.2. The number of hydrogen-bond donors (Lipinski definition) is 2. The first-order chi connectivity index (χ1) is 9.25. The molecule has 3 N–H and O–H groups in total. The predicted octanol–water partition coefficient (Wildman–Crippen LogP) is 2.61. The summed E-state index contributed by atoms with van der Waals surface area (Å²) in [6, 6.07) is 9.74. The van der Waals surface area contributed by atoms with Gasteiger partial charge in [0, 0.05) is 6.54 Å². The zero-order chi connectivity index (χ0) is 13.5. The minimum Gasteiger partial charge on any atom is -0.491 e. The molecule has 2 aromatic rings. The zero-order valence-corrected chi connectivity index (χ0v) is 11.3. The Bertz CT molecular complexity index is 526. The van der Waals surface area contributed by atoms with Crippen molar-refractivity contribution in [1.29, 1.82) is 0 Å². The first-order valence-corrected chi connectivity index (χ1v) is 6.95. The topological polar surface area (TPSA) is 64.4 Å². The highest BCUT2D eigenvalue weighted by Crippen LogP contribution is 2.24. The second-order valence-corrected chi connectivity index (χ2v) is 4.83. The van der Waals surface area contributed by atoms with Crippen LogP contribution in [-0.2, 0) is 11.3 Å². The average molecular weight is 276 g/mol. The Labute approximate surface area is 116 Å². The maximum atomic E-state index is 10.7. The first-order valence-electron chi connectivity index (χ1n) is 6.01. The standard InChI is InChI=1S/C14H16N2O2S/c15-14(17)5-7-18-13-4-2-1-3-12(13)16-9-11-6-8-19-10-11/h1-4,6,8,10,16H,5,7,9H2,(H2,15,17). The molecule has 0 aliphatic carbocycles. The van der Waals surface area contributed by atoms with Crippen molar-refractivity contribution in [3.05, 3.63) is 46.7 Å². The second kappa shape index (κ2) is 6.80. The van der Waals surface area contributed by atoms with E-state index in [2.05, 4.69) is 16.8 Å². The van der Waals surface area contributed by atoms with Crippen LogP contribution < -0.4 is 15.8 Å². The third-order valence-corrected chi connectivity index (χ3v) is 3.29. The van der Waals surface area contributed by atoms with Crippen molar-refractivity contribution in [1.82, 2.24) is 0 Å². The molecule has 1 amide bonds. The highest BCUT2D eigenvalue weighted by Gasteiger charge is 2.03. The maximum Gasteiger partial charge on any atom is 0.220 e. The van der Waals surface area contributed by atoms with Gasteiger partial charge in [0.2, 0.25) is 5.91 Å². The number of benzene rings is 1. The summed E-state index contributed by atoms with van der Waals surface area (Å²) in [5.41, 5.74) is 7.23. The highest BCUT2D eigenvalue weighted by molar-refractivity contribution is 7.07. The molecule has 0 saturated carbocycles. The number of nitrogens with two attached hydrogens (primary N) is 1. The Morgan fingerprint density at radius 1 is 1.32 bits per heavy atom. The molecule has 1 aromatic carbocycles. The van der Waals surface area contributed by atoms with Crippen LogP contribution in [0.5, 0.6) is 5.75 Å². The number of carbonyl (C=O) groups is 1. The van der Waals surface area contributed by atoms with E-state index in [1.807, 2.05) is 29.6 Å². The smallest absolute Gasteiger partial charge is 0.220 e. The highest BCUT2D eigenvalue weighted by atomic mass is 32.1. The van der Waals surface area contributed by atoms with Gasteiger partial charge in [0.25, 0.3) is 0 Å². The molecular formula is C14H16N2O2S. The fourth-order valence-electron chi connectivity index (χ4n) is 1.59. The van der Waals surface area contributed by atoms with Crippen molar-refractivity contribution in [2.75, 3.05) is 11.9 Å². The number of thiophene rings is 1. The summed E-state index contributed by atoms with van der Waals surface area (Å²) in [5.74, 6) is 0.377. The van der Waals surface area contributed by atoms with E-state index < -0.39 is 0 Å². The molecule has 0 unspecified atom stereocenters. The van der Waals surface area contributed by atoms with Gasteiger partial charge in [-0.05, 0) is 34.5 Å². The lowest BCUT2D eigenvalue weighted by molar-refractivity contribution is -0.118. The summed E-state index contributed by atoms with van der Waals surface area (Å²) >= 11 is 1.67. The number of primary amides is 1. The van der Waals surface area contributed by atoms with Crippen molar-refractivity contribution < 1.29 is 9.53 Å². The Hall–Kier alpha value is -2.01.